The fraction of sp³-hybridized carbons (Fsp3) is 0.368. The molecule has 3 rings (SSSR count). The Bertz CT molecular complexity index is 974. The van der Waals surface area contributed by atoms with E-state index >= 15 is 0 Å². The van der Waals surface area contributed by atoms with Gasteiger partial charge in [-0.3, -0.25) is 4.79 Å². The number of halogens is 1. The van der Waals surface area contributed by atoms with Crippen molar-refractivity contribution in [3.05, 3.63) is 47.1 Å². The summed E-state index contributed by atoms with van der Waals surface area (Å²) in [7, 11) is -1.59. The van der Waals surface area contributed by atoms with Gasteiger partial charge in [0.15, 0.2) is 5.69 Å². The molecular weight excluding hydrogens is 416 g/mol. The van der Waals surface area contributed by atoms with E-state index in [1.165, 1.54) is 16.4 Å². The summed E-state index contributed by atoms with van der Waals surface area (Å²) < 4.78 is 32.3. The number of likely N-dealkylation sites (N-methyl/N-ethyl adjacent to an activating group) is 1. The average molecular weight is 439 g/mol. The second-order valence-corrected chi connectivity index (χ2v) is 8.94. The van der Waals surface area contributed by atoms with Gasteiger partial charge in [0.25, 0.3) is 5.91 Å². The van der Waals surface area contributed by atoms with Gasteiger partial charge in [-0.15, -0.1) is 0 Å². The van der Waals surface area contributed by atoms with Gasteiger partial charge in [-0.1, -0.05) is 11.6 Å². The predicted molar refractivity (Wildman–Crippen MR) is 111 cm³/mol. The van der Waals surface area contributed by atoms with Crippen molar-refractivity contribution in [2.45, 2.75) is 11.8 Å². The molecule has 1 aliphatic rings. The minimum atomic E-state index is -3.56. The van der Waals surface area contributed by atoms with Crippen LogP contribution < -0.4 is 10.1 Å². The molecule has 0 spiro atoms. The number of pyridine rings is 1. The van der Waals surface area contributed by atoms with E-state index in [-0.39, 0.29) is 15.6 Å². The lowest BCUT2D eigenvalue weighted by atomic mass is 10.3. The molecule has 8 nitrogen and oxygen atoms in total. The van der Waals surface area contributed by atoms with Crippen LogP contribution in [0.15, 0.2) is 41.3 Å². The van der Waals surface area contributed by atoms with E-state index in [0.717, 1.165) is 0 Å². The number of carbonyl (C=O) groups is 1. The minimum Gasteiger partial charge on any atom is -0.478 e. The van der Waals surface area contributed by atoms with Crippen LogP contribution in [0.1, 0.15) is 17.4 Å². The third kappa shape index (κ3) is 5.05. The third-order valence-corrected chi connectivity index (χ3v) is 6.76. The number of anilines is 1. The Morgan fingerprint density at radius 2 is 1.79 bits per heavy atom. The van der Waals surface area contributed by atoms with Crippen LogP contribution in [0.2, 0.25) is 5.02 Å². The quantitative estimate of drug-likeness (QED) is 0.744. The number of amides is 1. The minimum absolute atomic E-state index is 0.0340. The lowest BCUT2D eigenvalue weighted by Crippen LogP contribution is -2.46. The molecule has 1 N–H and O–H groups in total. The molecular formula is C19H23ClN4O4S. The molecule has 0 atom stereocenters. The number of nitrogens with one attached hydrogen (secondary N) is 1. The van der Waals surface area contributed by atoms with Gasteiger partial charge in [0, 0.05) is 37.9 Å². The van der Waals surface area contributed by atoms with Gasteiger partial charge in [-0.05, 0) is 44.3 Å². The highest BCUT2D eigenvalue weighted by atomic mass is 35.5. The topological polar surface area (TPSA) is 91.8 Å². The van der Waals surface area contributed by atoms with E-state index in [1.807, 2.05) is 14.0 Å². The smallest absolute Gasteiger partial charge is 0.275 e. The van der Waals surface area contributed by atoms with Crippen molar-refractivity contribution in [1.82, 2.24) is 14.2 Å². The lowest BCUT2D eigenvalue weighted by molar-refractivity contribution is 0.102. The molecule has 1 saturated heterocycles. The molecule has 2 heterocycles. The van der Waals surface area contributed by atoms with Crippen molar-refractivity contribution in [2.24, 2.45) is 0 Å². The number of sulfonamides is 1. The Hall–Kier alpha value is -2.20. The maximum atomic E-state index is 12.8. The Morgan fingerprint density at radius 1 is 1.14 bits per heavy atom. The molecule has 0 saturated carbocycles. The zero-order valence-electron chi connectivity index (χ0n) is 16.3. The Kier molecular flexibility index (Phi) is 6.74. The summed E-state index contributed by atoms with van der Waals surface area (Å²) in [6.45, 7) is 4.53. The van der Waals surface area contributed by atoms with Gasteiger partial charge in [0.1, 0.15) is 0 Å². The Morgan fingerprint density at radius 3 is 2.41 bits per heavy atom. The molecule has 1 amide bonds. The molecule has 2 aromatic rings. The fourth-order valence-corrected chi connectivity index (χ4v) is 4.50. The van der Waals surface area contributed by atoms with E-state index in [1.54, 1.807) is 24.3 Å². The maximum Gasteiger partial charge on any atom is 0.275 e. The third-order valence-electron chi connectivity index (χ3n) is 4.54. The van der Waals surface area contributed by atoms with Gasteiger partial charge >= 0.3 is 0 Å². The summed E-state index contributed by atoms with van der Waals surface area (Å²) in [4.78, 5) is 18.9. The van der Waals surface area contributed by atoms with E-state index in [4.69, 9.17) is 16.3 Å². The van der Waals surface area contributed by atoms with Gasteiger partial charge < -0.3 is 15.0 Å². The van der Waals surface area contributed by atoms with Gasteiger partial charge in [-0.25, -0.2) is 13.4 Å². The Labute approximate surface area is 175 Å². The highest BCUT2D eigenvalue weighted by molar-refractivity contribution is 7.89. The van der Waals surface area contributed by atoms with Crippen molar-refractivity contribution in [3.63, 3.8) is 0 Å². The van der Waals surface area contributed by atoms with E-state index in [2.05, 4.69) is 15.2 Å². The Balaban J connectivity index is 1.72. The molecule has 10 heteroatoms. The molecule has 156 valence electrons. The van der Waals surface area contributed by atoms with Crippen molar-refractivity contribution >= 4 is 33.2 Å². The molecule has 1 aromatic carbocycles. The van der Waals surface area contributed by atoms with Gasteiger partial charge in [0.2, 0.25) is 15.9 Å². The first-order chi connectivity index (χ1) is 13.8. The highest BCUT2D eigenvalue weighted by Gasteiger charge is 2.27. The number of carbonyl (C=O) groups excluding carboxylic acids is 1. The fourth-order valence-electron chi connectivity index (χ4n) is 2.89. The molecule has 0 bridgehead atoms. The summed E-state index contributed by atoms with van der Waals surface area (Å²) in [6, 6.07) is 9.17. The molecule has 1 aromatic heterocycles. The van der Waals surface area contributed by atoms with Gasteiger partial charge in [-0.2, -0.15) is 4.31 Å². The van der Waals surface area contributed by atoms with Crippen LogP contribution in [0, 0.1) is 0 Å². The van der Waals surface area contributed by atoms with E-state index in [0.29, 0.717) is 44.4 Å². The van der Waals surface area contributed by atoms with Crippen molar-refractivity contribution in [2.75, 3.05) is 45.2 Å². The molecule has 0 aliphatic carbocycles. The number of hydrogen-bond donors (Lipinski definition) is 1. The SMILES string of the molecule is CCOc1ccc(Cl)c(C(=O)Nc2ccc(S(=O)(=O)N3CCN(C)CC3)cc2)n1. The number of benzene rings is 1. The summed E-state index contributed by atoms with van der Waals surface area (Å²) >= 11 is 6.07. The second kappa shape index (κ2) is 9.08. The largest absolute Gasteiger partial charge is 0.478 e. The van der Waals surface area contributed by atoms with Crippen LogP contribution in [0.5, 0.6) is 5.88 Å². The molecule has 1 fully saturated rings. The van der Waals surface area contributed by atoms with Crippen LogP contribution in [0.3, 0.4) is 0 Å². The maximum absolute atomic E-state index is 12.8. The number of rotatable bonds is 6. The number of ether oxygens (including phenoxy) is 1. The van der Waals surface area contributed by atoms with Crippen molar-refractivity contribution in [3.8, 4) is 5.88 Å². The molecule has 0 radical (unpaired) electrons. The number of aromatic nitrogens is 1. The van der Waals surface area contributed by atoms with E-state index < -0.39 is 15.9 Å². The van der Waals surface area contributed by atoms with Crippen LogP contribution in [0.25, 0.3) is 0 Å². The highest BCUT2D eigenvalue weighted by Crippen LogP contribution is 2.22. The predicted octanol–water partition coefficient (Wildman–Crippen LogP) is 2.32. The van der Waals surface area contributed by atoms with Crippen molar-refractivity contribution < 1.29 is 17.9 Å². The summed E-state index contributed by atoms with van der Waals surface area (Å²) in [6.07, 6.45) is 0. The first-order valence-electron chi connectivity index (χ1n) is 9.20. The van der Waals surface area contributed by atoms with Crippen LogP contribution in [0.4, 0.5) is 5.69 Å². The number of piperazine rings is 1. The molecule has 29 heavy (non-hydrogen) atoms. The normalized spacial score (nSPS) is 15.8. The molecule has 1 aliphatic heterocycles. The van der Waals surface area contributed by atoms with Gasteiger partial charge in [0.05, 0.1) is 16.5 Å². The summed E-state index contributed by atoms with van der Waals surface area (Å²) in [5.74, 6) is -0.207. The summed E-state index contributed by atoms with van der Waals surface area (Å²) in [5.41, 5.74) is 0.471. The molecule has 0 unspecified atom stereocenters. The van der Waals surface area contributed by atoms with E-state index in [9.17, 15) is 13.2 Å². The van der Waals surface area contributed by atoms with Crippen LogP contribution in [-0.4, -0.2) is 68.3 Å². The lowest BCUT2D eigenvalue weighted by Gasteiger charge is -2.31. The number of nitrogens with zero attached hydrogens (tertiary/aromatic N) is 3. The standard InChI is InChI=1S/C19H23ClN4O4S/c1-3-28-17-9-8-16(20)18(22-17)19(25)21-14-4-6-15(7-5-14)29(26,27)24-12-10-23(2)11-13-24/h4-9H,3,10-13H2,1-2H3,(H,21,25). The van der Waals surface area contributed by atoms with Crippen LogP contribution in [-0.2, 0) is 10.0 Å². The monoisotopic (exact) mass is 438 g/mol. The zero-order chi connectivity index (χ0) is 21.0. The zero-order valence-corrected chi connectivity index (χ0v) is 17.8. The first-order valence-corrected chi connectivity index (χ1v) is 11.0. The summed E-state index contributed by atoms with van der Waals surface area (Å²) in [5, 5.41) is 2.87. The first kappa shape index (κ1) is 21.5. The van der Waals surface area contributed by atoms with Crippen molar-refractivity contribution in [1.29, 1.82) is 0 Å². The second-order valence-electron chi connectivity index (χ2n) is 6.60. The average Bonchev–Trinajstić information content (AvgIpc) is 2.70. The number of hydrogen-bond acceptors (Lipinski definition) is 6. The van der Waals surface area contributed by atoms with Crippen LogP contribution >= 0.6 is 11.6 Å².